The predicted octanol–water partition coefficient (Wildman–Crippen LogP) is 5.13. The lowest BCUT2D eigenvalue weighted by Crippen LogP contribution is -2.52. The van der Waals surface area contributed by atoms with E-state index in [9.17, 15) is 18.6 Å². The first-order valence-electron chi connectivity index (χ1n) is 13.1. The van der Waals surface area contributed by atoms with Crippen LogP contribution in [0.4, 0.5) is 14.4 Å². The molecule has 0 spiro atoms. The van der Waals surface area contributed by atoms with Gasteiger partial charge < -0.3 is 24.0 Å². The van der Waals surface area contributed by atoms with E-state index < -0.39 is 33.9 Å². The van der Waals surface area contributed by atoms with E-state index in [1.807, 2.05) is 37.3 Å². The van der Waals surface area contributed by atoms with E-state index in [4.69, 9.17) is 14.2 Å². The van der Waals surface area contributed by atoms with Gasteiger partial charge >= 0.3 is 17.5 Å². The molecule has 10 heteroatoms. The zero-order valence-electron chi connectivity index (χ0n) is 22.8. The van der Waals surface area contributed by atoms with Crippen molar-refractivity contribution in [2.24, 2.45) is 11.8 Å². The number of aryl methyl sites for hydroxylation is 1. The van der Waals surface area contributed by atoms with Gasteiger partial charge in [0, 0.05) is 25.6 Å². The Bertz CT molecular complexity index is 1200. The van der Waals surface area contributed by atoms with E-state index in [0.717, 1.165) is 11.1 Å². The number of rotatable bonds is 5. The van der Waals surface area contributed by atoms with Crippen LogP contribution in [0.25, 0.3) is 0 Å². The highest BCUT2D eigenvalue weighted by Gasteiger charge is 2.49. The number of hydrogen-bond donors (Lipinski definition) is 0. The molecule has 39 heavy (non-hydrogen) atoms. The van der Waals surface area contributed by atoms with Crippen molar-refractivity contribution < 1.29 is 32.8 Å². The Labute approximate surface area is 231 Å². The Kier molecular flexibility index (Phi) is 8.94. The van der Waals surface area contributed by atoms with Crippen LogP contribution in [0.5, 0.6) is 0 Å². The molecular formula is C29H36N2O7S. The van der Waals surface area contributed by atoms with Crippen LogP contribution < -0.4 is 0 Å². The van der Waals surface area contributed by atoms with Crippen molar-refractivity contribution in [3.05, 3.63) is 65.7 Å². The summed E-state index contributed by atoms with van der Waals surface area (Å²) in [7, 11) is -1.94. The summed E-state index contributed by atoms with van der Waals surface area (Å²) in [6.45, 7) is 8.54. The molecule has 0 aromatic heterocycles. The second-order valence-corrected chi connectivity index (χ2v) is 12.4. The minimum absolute atomic E-state index is 0.0173. The summed E-state index contributed by atoms with van der Waals surface area (Å²) in [5.41, 5.74) is 1.20. The highest BCUT2D eigenvalue weighted by molar-refractivity contribution is 7.99. The Morgan fingerprint density at radius 2 is 1.64 bits per heavy atom. The molecule has 2 aliphatic rings. The van der Waals surface area contributed by atoms with Gasteiger partial charge in [0.15, 0.2) is 10.8 Å². The molecule has 2 aliphatic heterocycles. The van der Waals surface area contributed by atoms with Crippen molar-refractivity contribution in [2.45, 2.75) is 57.3 Å². The van der Waals surface area contributed by atoms with Crippen LogP contribution in [0, 0.1) is 18.8 Å². The van der Waals surface area contributed by atoms with Crippen LogP contribution in [0.2, 0.25) is 0 Å². The lowest BCUT2D eigenvalue weighted by molar-refractivity contribution is 0.0107. The van der Waals surface area contributed by atoms with Gasteiger partial charge in [-0.05, 0) is 57.7 Å². The zero-order valence-corrected chi connectivity index (χ0v) is 23.6. The average Bonchev–Trinajstić information content (AvgIpc) is 3.28. The standard InChI is InChI=1S/C29H36N2O7S/c1-20-10-12-23(13-11-20)39(35)28(34)37-19-22-16-31(27(33)38-29(2,3)4)25-17-30(15-14-24(22)25)26(32)36-18-21-8-6-5-7-9-21/h5-13,22,24-25H,14-19H2,1-4H3/t22-,24+,25+,39?/m1/s1. The van der Waals surface area contributed by atoms with Gasteiger partial charge in [0.25, 0.3) is 0 Å². The number of fused-ring (bicyclic) bond motifs is 1. The van der Waals surface area contributed by atoms with Crippen molar-refractivity contribution >= 4 is 28.3 Å². The van der Waals surface area contributed by atoms with Gasteiger partial charge in [-0.3, -0.25) is 0 Å². The highest BCUT2D eigenvalue weighted by Crippen LogP contribution is 2.37. The normalized spacial score (nSPS) is 21.6. The van der Waals surface area contributed by atoms with Crippen LogP contribution in [0.1, 0.15) is 38.3 Å². The van der Waals surface area contributed by atoms with E-state index in [1.54, 1.807) is 54.8 Å². The van der Waals surface area contributed by atoms with Crippen LogP contribution in [-0.2, 0) is 31.6 Å². The Hall–Kier alpha value is -3.40. The van der Waals surface area contributed by atoms with E-state index in [1.165, 1.54) is 0 Å². The molecule has 2 fully saturated rings. The minimum Gasteiger partial charge on any atom is -0.455 e. The first-order valence-corrected chi connectivity index (χ1v) is 14.3. The monoisotopic (exact) mass is 556 g/mol. The summed E-state index contributed by atoms with van der Waals surface area (Å²) in [5, 5.41) is -0.812. The highest BCUT2D eigenvalue weighted by atomic mass is 32.2. The number of hydrogen-bond acceptors (Lipinski definition) is 7. The SMILES string of the molecule is Cc1ccc(S(=O)C(=O)OC[C@H]2CN(C(=O)OC(C)(C)C)[C@H]3CN(C(=O)OCc4ccccc4)CC[C@@H]23)cc1. The third kappa shape index (κ3) is 7.38. The predicted molar refractivity (Wildman–Crippen MR) is 145 cm³/mol. The zero-order chi connectivity index (χ0) is 28.2. The molecule has 0 aliphatic carbocycles. The van der Waals surface area contributed by atoms with Crippen molar-refractivity contribution in [3.63, 3.8) is 0 Å². The molecule has 4 atom stereocenters. The smallest absolute Gasteiger partial charge is 0.410 e. The second-order valence-electron chi connectivity index (χ2n) is 11.0. The quantitative estimate of drug-likeness (QED) is 0.371. The molecule has 0 saturated carbocycles. The molecule has 4 rings (SSSR count). The van der Waals surface area contributed by atoms with E-state index in [-0.39, 0.29) is 37.6 Å². The molecule has 1 unspecified atom stereocenters. The fourth-order valence-electron chi connectivity index (χ4n) is 5.02. The first-order chi connectivity index (χ1) is 18.5. The lowest BCUT2D eigenvalue weighted by Gasteiger charge is -2.38. The molecular weight excluding hydrogens is 520 g/mol. The molecule has 2 aromatic rings. The van der Waals surface area contributed by atoms with Gasteiger partial charge in [-0.25, -0.2) is 18.6 Å². The molecule has 0 N–H and O–H groups in total. The number of carbonyl (C=O) groups excluding carboxylic acids is 3. The summed E-state index contributed by atoms with van der Waals surface area (Å²) in [4.78, 5) is 42.2. The largest absolute Gasteiger partial charge is 0.455 e. The number of piperidine rings is 1. The van der Waals surface area contributed by atoms with Crippen molar-refractivity contribution in [1.82, 2.24) is 9.80 Å². The Balaban J connectivity index is 1.41. The van der Waals surface area contributed by atoms with Gasteiger partial charge in [0.2, 0.25) is 0 Å². The maximum absolute atomic E-state index is 13.1. The molecule has 2 heterocycles. The van der Waals surface area contributed by atoms with Crippen molar-refractivity contribution in [3.8, 4) is 0 Å². The van der Waals surface area contributed by atoms with E-state index >= 15 is 0 Å². The molecule has 2 saturated heterocycles. The van der Waals surface area contributed by atoms with Crippen LogP contribution in [-0.4, -0.2) is 69.4 Å². The van der Waals surface area contributed by atoms with Gasteiger partial charge in [0.05, 0.1) is 17.5 Å². The lowest BCUT2D eigenvalue weighted by atomic mass is 9.85. The summed E-state index contributed by atoms with van der Waals surface area (Å²) in [5.74, 6) is -0.194. The molecule has 9 nitrogen and oxygen atoms in total. The molecule has 0 radical (unpaired) electrons. The fourth-order valence-corrected chi connectivity index (χ4v) is 5.77. The van der Waals surface area contributed by atoms with E-state index in [0.29, 0.717) is 24.4 Å². The van der Waals surface area contributed by atoms with Crippen LogP contribution >= 0.6 is 0 Å². The molecule has 210 valence electrons. The third-order valence-electron chi connectivity index (χ3n) is 6.96. The number of ether oxygens (including phenoxy) is 3. The molecule has 0 bridgehead atoms. The van der Waals surface area contributed by atoms with Crippen LogP contribution in [0.3, 0.4) is 0 Å². The third-order valence-corrected chi connectivity index (χ3v) is 8.09. The number of nitrogens with zero attached hydrogens (tertiary/aromatic N) is 2. The van der Waals surface area contributed by atoms with Crippen LogP contribution in [0.15, 0.2) is 59.5 Å². The van der Waals surface area contributed by atoms with Gasteiger partial charge in [-0.1, -0.05) is 48.0 Å². The van der Waals surface area contributed by atoms with E-state index in [2.05, 4.69) is 0 Å². The second kappa shape index (κ2) is 12.2. The first kappa shape index (κ1) is 28.6. The van der Waals surface area contributed by atoms with Crippen molar-refractivity contribution in [1.29, 1.82) is 0 Å². The number of likely N-dealkylation sites (tertiary alicyclic amines) is 2. The van der Waals surface area contributed by atoms with Gasteiger partial charge in [-0.2, -0.15) is 0 Å². The summed E-state index contributed by atoms with van der Waals surface area (Å²) in [6, 6.07) is 16.0. The number of carbonyl (C=O) groups is 3. The Morgan fingerprint density at radius 1 is 0.949 bits per heavy atom. The topological polar surface area (TPSA) is 102 Å². The maximum atomic E-state index is 13.1. The van der Waals surface area contributed by atoms with Gasteiger partial charge in [0.1, 0.15) is 12.2 Å². The fraction of sp³-hybridized carbons (Fsp3) is 0.483. The van der Waals surface area contributed by atoms with Gasteiger partial charge in [-0.15, -0.1) is 0 Å². The summed E-state index contributed by atoms with van der Waals surface area (Å²) >= 11 is 0. The minimum atomic E-state index is -1.94. The molecule has 2 aromatic carbocycles. The van der Waals surface area contributed by atoms with Crippen molar-refractivity contribution in [2.75, 3.05) is 26.2 Å². The maximum Gasteiger partial charge on any atom is 0.410 e. The summed E-state index contributed by atoms with van der Waals surface area (Å²) < 4.78 is 29.3. The Morgan fingerprint density at radius 3 is 2.31 bits per heavy atom. The number of amides is 2. The number of benzene rings is 2. The average molecular weight is 557 g/mol. The molecule has 2 amide bonds. The summed E-state index contributed by atoms with van der Waals surface area (Å²) in [6.07, 6.45) is -0.313.